The van der Waals surface area contributed by atoms with Gasteiger partial charge >= 0.3 is 0 Å². The molecule has 1 nitrogen and oxygen atoms in total. The molecule has 14 heavy (non-hydrogen) atoms. The maximum absolute atomic E-state index is 10.3. The summed E-state index contributed by atoms with van der Waals surface area (Å²) in [6.45, 7) is 4.08. The Bertz CT molecular complexity index is 281. The second kappa shape index (κ2) is 4.81. The predicted molar refractivity (Wildman–Crippen MR) is 60.5 cm³/mol. The predicted octanol–water partition coefficient (Wildman–Crippen LogP) is 3.74. The van der Waals surface area contributed by atoms with Crippen molar-refractivity contribution in [3.8, 4) is 0 Å². The lowest BCUT2D eigenvalue weighted by Gasteiger charge is -2.26. The molecule has 1 aromatic rings. The summed E-state index contributed by atoms with van der Waals surface area (Å²) in [4.78, 5) is 0. The Morgan fingerprint density at radius 2 is 1.79 bits per heavy atom. The molecule has 0 amide bonds. The van der Waals surface area contributed by atoms with Gasteiger partial charge in [0.2, 0.25) is 0 Å². The fraction of sp³-hybridized carbons (Fsp3) is 0.500. The molecule has 2 heteroatoms. The van der Waals surface area contributed by atoms with Gasteiger partial charge in [0, 0.05) is 5.02 Å². The van der Waals surface area contributed by atoms with Gasteiger partial charge in [0.05, 0.1) is 5.60 Å². The van der Waals surface area contributed by atoms with Crippen LogP contribution < -0.4 is 0 Å². The molecular formula is C12H17ClO. The van der Waals surface area contributed by atoms with Crippen molar-refractivity contribution in [2.45, 2.75) is 38.7 Å². The first-order valence-corrected chi connectivity index (χ1v) is 5.48. The highest BCUT2D eigenvalue weighted by molar-refractivity contribution is 6.30. The number of hydrogen-bond acceptors (Lipinski definition) is 1. The zero-order chi connectivity index (χ0) is 10.6. The van der Waals surface area contributed by atoms with Gasteiger partial charge in [-0.05, 0) is 30.5 Å². The summed E-state index contributed by atoms with van der Waals surface area (Å²) in [6, 6.07) is 7.46. The lowest BCUT2D eigenvalue weighted by atomic mass is 9.87. The van der Waals surface area contributed by atoms with Crippen molar-refractivity contribution >= 4 is 11.6 Å². The van der Waals surface area contributed by atoms with Gasteiger partial charge in [0.1, 0.15) is 0 Å². The van der Waals surface area contributed by atoms with Crippen LogP contribution in [0.25, 0.3) is 0 Å². The summed E-state index contributed by atoms with van der Waals surface area (Å²) in [5, 5.41) is 11.1. The monoisotopic (exact) mass is 212 g/mol. The fourth-order valence-corrected chi connectivity index (χ4v) is 1.82. The van der Waals surface area contributed by atoms with E-state index in [-0.39, 0.29) is 0 Å². The minimum atomic E-state index is -0.681. The smallest absolute Gasteiger partial charge is 0.0893 e. The van der Waals surface area contributed by atoms with Crippen LogP contribution in [0, 0.1) is 0 Å². The van der Waals surface area contributed by atoms with Crippen LogP contribution in [-0.2, 0) is 5.60 Å². The van der Waals surface area contributed by atoms with Gasteiger partial charge in [-0.15, -0.1) is 0 Å². The number of halogens is 1. The Balaban J connectivity index is 2.94. The van der Waals surface area contributed by atoms with Crippen molar-refractivity contribution in [3.05, 3.63) is 34.9 Å². The van der Waals surface area contributed by atoms with E-state index >= 15 is 0 Å². The molecule has 0 aliphatic rings. The molecule has 1 aromatic carbocycles. The quantitative estimate of drug-likeness (QED) is 0.806. The Morgan fingerprint density at radius 3 is 2.21 bits per heavy atom. The van der Waals surface area contributed by atoms with E-state index in [4.69, 9.17) is 11.6 Å². The molecule has 1 unspecified atom stereocenters. The van der Waals surface area contributed by atoms with Crippen LogP contribution in [0.2, 0.25) is 5.02 Å². The number of benzene rings is 1. The van der Waals surface area contributed by atoms with Crippen LogP contribution >= 0.6 is 11.6 Å². The average molecular weight is 213 g/mol. The maximum atomic E-state index is 10.3. The second-order valence-corrected chi connectivity index (χ2v) is 4.08. The van der Waals surface area contributed by atoms with Crippen LogP contribution in [0.5, 0.6) is 0 Å². The van der Waals surface area contributed by atoms with E-state index in [1.807, 2.05) is 31.2 Å². The molecule has 1 rings (SSSR count). The molecule has 0 fully saturated rings. The Morgan fingerprint density at radius 1 is 1.21 bits per heavy atom. The van der Waals surface area contributed by atoms with Crippen molar-refractivity contribution < 1.29 is 5.11 Å². The van der Waals surface area contributed by atoms with Gasteiger partial charge < -0.3 is 5.11 Å². The van der Waals surface area contributed by atoms with E-state index in [2.05, 4.69) is 6.92 Å². The van der Waals surface area contributed by atoms with Crippen LogP contribution in [-0.4, -0.2) is 5.11 Å². The van der Waals surface area contributed by atoms with Crippen LogP contribution in [0.15, 0.2) is 24.3 Å². The zero-order valence-electron chi connectivity index (χ0n) is 8.76. The highest BCUT2D eigenvalue weighted by Gasteiger charge is 2.25. The standard InChI is InChI=1S/C12H17ClO/c1-3-9-12(14,4-2)10-5-7-11(13)8-6-10/h5-8,14H,3-4,9H2,1-2H3. The summed E-state index contributed by atoms with van der Waals surface area (Å²) < 4.78 is 0. The van der Waals surface area contributed by atoms with Crippen LogP contribution in [0.4, 0.5) is 0 Å². The summed E-state index contributed by atoms with van der Waals surface area (Å²) >= 11 is 5.80. The summed E-state index contributed by atoms with van der Waals surface area (Å²) in [6.07, 6.45) is 2.51. The highest BCUT2D eigenvalue weighted by Crippen LogP contribution is 2.30. The minimum Gasteiger partial charge on any atom is -0.385 e. The first kappa shape index (κ1) is 11.5. The topological polar surface area (TPSA) is 20.2 Å². The van der Waals surface area contributed by atoms with Crippen molar-refractivity contribution in [1.29, 1.82) is 0 Å². The molecule has 0 bridgehead atoms. The van der Waals surface area contributed by atoms with E-state index < -0.39 is 5.60 Å². The Hall–Kier alpha value is -0.530. The molecule has 0 aliphatic heterocycles. The van der Waals surface area contributed by atoms with Gasteiger partial charge in [-0.1, -0.05) is 44.0 Å². The third-order valence-corrected chi connectivity index (χ3v) is 2.88. The van der Waals surface area contributed by atoms with Crippen molar-refractivity contribution in [1.82, 2.24) is 0 Å². The van der Waals surface area contributed by atoms with Gasteiger partial charge in [0.25, 0.3) is 0 Å². The molecule has 0 saturated carbocycles. The van der Waals surface area contributed by atoms with Crippen LogP contribution in [0.1, 0.15) is 38.7 Å². The third kappa shape index (κ3) is 2.49. The molecule has 0 aromatic heterocycles. The fourth-order valence-electron chi connectivity index (χ4n) is 1.70. The van der Waals surface area contributed by atoms with E-state index in [0.717, 1.165) is 24.8 Å². The van der Waals surface area contributed by atoms with Gasteiger partial charge in [-0.3, -0.25) is 0 Å². The van der Waals surface area contributed by atoms with Gasteiger partial charge in [-0.2, -0.15) is 0 Å². The minimum absolute atomic E-state index is 0.681. The van der Waals surface area contributed by atoms with Gasteiger partial charge in [-0.25, -0.2) is 0 Å². The van der Waals surface area contributed by atoms with Crippen molar-refractivity contribution in [2.75, 3.05) is 0 Å². The molecule has 1 atom stereocenters. The molecule has 0 saturated heterocycles. The van der Waals surface area contributed by atoms with Crippen molar-refractivity contribution in [3.63, 3.8) is 0 Å². The first-order chi connectivity index (χ1) is 6.62. The highest BCUT2D eigenvalue weighted by atomic mass is 35.5. The Kier molecular flexibility index (Phi) is 3.97. The largest absolute Gasteiger partial charge is 0.385 e. The van der Waals surface area contributed by atoms with E-state index in [1.54, 1.807) is 0 Å². The molecule has 0 spiro atoms. The molecule has 1 N–H and O–H groups in total. The number of rotatable bonds is 4. The molecule has 0 radical (unpaired) electrons. The van der Waals surface area contributed by atoms with Crippen LogP contribution in [0.3, 0.4) is 0 Å². The van der Waals surface area contributed by atoms with E-state index in [0.29, 0.717) is 5.02 Å². The number of hydrogen-bond donors (Lipinski definition) is 1. The molecule has 0 heterocycles. The first-order valence-electron chi connectivity index (χ1n) is 5.11. The molecular weight excluding hydrogens is 196 g/mol. The Labute approximate surface area is 90.7 Å². The molecule has 78 valence electrons. The summed E-state index contributed by atoms with van der Waals surface area (Å²) in [7, 11) is 0. The average Bonchev–Trinajstić information content (AvgIpc) is 2.19. The van der Waals surface area contributed by atoms with E-state index in [9.17, 15) is 5.11 Å². The summed E-state index contributed by atoms with van der Waals surface area (Å²) in [5.74, 6) is 0. The number of aliphatic hydroxyl groups is 1. The van der Waals surface area contributed by atoms with Crippen molar-refractivity contribution in [2.24, 2.45) is 0 Å². The summed E-state index contributed by atoms with van der Waals surface area (Å²) in [5.41, 5.74) is 0.283. The van der Waals surface area contributed by atoms with Gasteiger partial charge in [0.15, 0.2) is 0 Å². The normalized spacial score (nSPS) is 15.1. The second-order valence-electron chi connectivity index (χ2n) is 3.64. The third-order valence-electron chi connectivity index (χ3n) is 2.63. The lowest BCUT2D eigenvalue weighted by Crippen LogP contribution is -2.24. The lowest BCUT2D eigenvalue weighted by molar-refractivity contribution is 0.0226. The SMILES string of the molecule is CCCC(O)(CC)c1ccc(Cl)cc1. The molecule has 0 aliphatic carbocycles. The van der Waals surface area contributed by atoms with E-state index in [1.165, 1.54) is 0 Å². The zero-order valence-corrected chi connectivity index (χ0v) is 9.51. The maximum Gasteiger partial charge on any atom is 0.0893 e.